The van der Waals surface area contributed by atoms with Crippen molar-refractivity contribution < 1.29 is 17.9 Å². The molecular formula is C21H17FN3O4S-. The van der Waals surface area contributed by atoms with E-state index in [9.17, 15) is 13.6 Å². The van der Waals surface area contributed by atoms with Crippen LogP contribution in [0.4, 0.5) is 4.39 Å². The van der Waals surface area contributed by atoms with Crippen LogP contribution in [0.5, 0.6) is 11.5 Å². The first kappa shape index (κ1) is 20.0. The van der Waals surface area contributed by atoms with Gasteiger partial charge in [-0.2, -0.15) is 0 Å². The van der Waals surface area contributed by atoms with Crippen LogP contribution in [-0.2, 0) is 24.9 Å². The fourth-order valence-corrected chi connectivity index (χ4v) is 3.57. The molecule has 0 fully saturated rings. The van der Waals surface area contributed by atoms with E-state index in [-0.39, 0.29) is 17.9 Å². The third-order valence-corrected chi connectivity index (χ3v) is 5.03. The number of nitrogens with zero attached hydrogens (tertiary/aromatic N) is 1. The maximum absolute atomic E-state index is 15.1. The second-order valence-corrected chi connectivity index (χ2v) is 7.41. The number of aromatic nitrogens is 2. The third kappa shape index (κ3) is 3.90. The second kappa shape index (κ2) is 8.23. The van der Waals surface area contributed by atoms with Gasteiger partial charge in [0.2, 0.25) is 0 Å². The monoisotopic (exact) mass is 426 g/mol. The van der Waals surface area contributed by atoms with E-state index in [4.69, 9.17) is 4.74 Å². The summed E-state index contributed by atoms with van der Waals surface area (Å²) in [6.45, 7) is -0.0896. The molecule has 0 saturated carbocycles. The summed E-state index contributed by atoms with van der Waals surface area (Å²) >= 11 is -2.49. The Morgan fingerprint density at radius 1 is 1.20 bits per heavy atom. The molecule has 0 amide bonds. The van der Waals surface area contributed by atoms with E-state index in [0.717, 1.165) is 0 Å². The van der Waals surface area contributed by atoms with Crippen LogP contribution in [0.2, 0.25) is 0 Å². The fourth-order valence-electron chi connectivity index (χ4n) is 3.29. The van der Waals surface area contributed by atoms with Crippen LogP contribution >= 0.6 is 0 Å². The predicted octanol–water partition coefficient (Wildman–Crippen LogP) is 3.35. The molecule has 2 aromatic carbocycles. The number of rotatable bonds is 6. The van der Waals surface area contributed by atoms with Crippen molar-refractivity contribution in [3.05, 3.63) is 82.7 Å². The highest BCUT2D eigenvalue weighted by Gasteiger charge is 2.19. The number of H-pyrrole nitrogens is 1. The van der Waals surface area contributed by atoms with Crippen molar-refractivity contribution in [2.45, 2.75) is 6.54 Å². The molecular weight excluding hydrogens is 409 g/mol. The maximum Gasteiger partial charge on any atom is 0.274 e. The molecule has 2 heterocycles. The Labute approximate surface area is 173 Å². The lowest BCUT2D eigenvalue weighted by Gasteiger charge is -2.16. The molecule has 1 atom stereocenters. The third-order valence-electron chi connectivity index (χ3n) is 4.64. The number of hydrogen-bond donors (Lipinski definition) is 2. The molecule has 30 heavy (non-hydrogen) atoms. The van der Waals surface area contributed by atoms with Crippen molar-refractivity contribution >= 4 is 22.2 Å². The molecule has 0 aliphatic heterocycles. The van der Waals surface area contributed by atoms with E-state index in [1.807, 2.05) is 6.07 Å². The lowest BCUT2D eigenvalue weighted by Crippen LogP contribution is -2.17. The van der Waals surface area contributed by atoms with Gasteiger partial charge in [-0.1, -0.05) is 18.2 Å². The summed E-state index contributed by atoms with van der Waals surface area (Å²) in [7, 11) is 1.60. The van der Waals surface area contributed by atoms with Gasteiger partial charge in [0.25, 0.3) is 5.56 Å². The highest BCUT2D eigenvalue weighted by molar-refractivity contribution is 7.77. The van der Waals surface area contributed by atoms with E-state index < -0.39 is 17.1 Å². The molecule has 0 radical (unpaired) electrons. The number of pyridine rings is 1. The van der Waals surface area contributed by atoms with Crippen molar-refractivity contribution in [3.8, 4) is 22.6 Å². The summed E-state index contributed by atoms with van der Waals surface area (Å²) in [5.74, 6) is -0.226. The Kier molecular flexibility index (Phi) is 5.49. The first-order valence-corrected chi connectivity index (χ1v) is 10.1. The number of halogens is 1. The standard InChI is InChI=1S/C21H18FN3O4S/c1-25-12-17(15-7-8-23-19(15)21(25)26)16-9-13(11-24-30(27)28)10-18(22)20(16)29-14-5-3-2-4-6-14/h2-10,12,23-24H,11H2,1H3,(H,27,28)/p-1. The van der Waals surface area contributed by atoms with Crippen LogP contribution in [-0.4, -0.2) is 18.3 Å². The molecule has 154 valence electrons. The van der Waals surface area contributed by atoms with Gasteiger partial charge in [-0.25, -0.2) is 9.11 Å². The number of aryl methyl sites for hydroxylation is 1. The topological polar surface area (TPSA) is 99.2 Å². The first-order chi connectivity index (χ1) is 14.4. The summed E-state index contributed by atoms with van der Waals surface area (Å²) in [5.41, 5.74) is 1.54. The normalized spacial score (nSPS) is 12.2. The van der Waals surface area contributed by atoms with Gasteiger partial charge in [-0.15, -0.1) is 0 Å². The van der Waals surface area contributed by atoms with Crippen LogP contribution in [0, 0.1) is 5.82 Å². The first-order valence-electron chi connectivity index (χ1n) is 8.99. The minimum atomic E-state index is -2.49. The highest BCUT2D eigenvalue weighted by atomic mass is 32.2. The zero-order valence-electron chi connectivity index (χ0n) is 15.8. The molecule has 2 N–H and O–H groups in total. The smallest absolute Gasteiger partial charge is 0.274 e. The lowest BCUT2D eigenvalue weighted by molar-refractivity contribution is 0.443. The minimum absolute atomic E-state index is 0.0191. The molecule has 7 nitrogen and oxygen atoms in total. The Bertz CT molecular complexity index is 1300. The van der Waals surface area contributed by atoms with Gasteiger partial charge in [0, 0.05) is 53.8 Å². The molecule has 1 unspecified atom stereocenters. The highest BCUT2D eigenvalue weighted by Crippen LogP contribution is 2.39. The molecule has 2 aromatic heterocycles. The van der Waals surface area contributed by atoms with Crippen LogP contribution in [0.1, 0.15) is 5.56 Å². The van der Waals surface area contributed by atoms with Crippen molar-refractivity contribution in [2.24, 2.45) is 7.05 Å². The molecule has 4 aromatic rings. The van der Waals surface area contributed by atoms with Crippen LogP contribution in [0.25, 0.3) is 22.0 Å². The number of fused-ring (bicyclic) bond motifs is 1. The Hall–Kier alpha value is -3.27. The number of benzene rings is 2. The molecule has 0 aliphatic rings. The minimum Gasteiger partial charge on any atom is -0.760 e. The number of nitrogens with one attached hydrogen (secondary N) is 2. The van der Waals surface area contributed by atoms with Crippen LogP contribution < -0.4 is 15.0 Å². The average Bonchev–Trinajstić information content (AvgIpc) is 3.22. The van der Waals surface area contributed by atoms with Crippen molar-refractivity contribution in [1.82, 2.24) is 14.3 Å². The Morgan fingerprint density at radius 3 is 2.70 bits per heavy atom. The predicted molar refractivity (Wildman–Crippen MR) is 111 cm³/mol. The SMILES string of the molecule is Cn1cc(-c2cc(CNS(=O)[O-])cc(F)c2Oc2ccccc2)c2cc[nH]c2c1=O. The zero-order chi connectivity index (χ0) is 21.3. The summed E-state index contributed by atoms with van der Waals surface area (Å²) in [6.07, 6.45) is 3.24. The molecule has 0 spiro atoms. The van der Waals surface area contributed by atoms with Gasteiger partial charge in [0.05, 0.1) is 0 Å². The van der Waals surface area contributed by atoms with E-state index >= 15 is 4.39 Å². The molecule has 4 rings (SSSR count). The summed E-state index contributed by atoms with van der Waals surface area (Å²) in [4.78, 5) is 15.3. The number of para-hydroxylation sites is 1. The van der Waals surface area contributed by atoms with Crippen LogP contribution in [0.3, 0.4) is 0 Å². The van der Waals surface area contributed by atoms with E-state index in [1.54, 1.807) is 55.8 Å². The maximum atomic E-state index is 15.1. The van der Waals surface area contributed by atoms with Gasteiger partial charge in [-0.3, -0.25) is 9.00 Å². The number of hydrogen-bond acceptors (Lipinski definition) is 4. The van der Waals surface area contributed by atoms with Gasteiger partial charge in [-0.05, 0) is 35.9 Å². The molecule has 9 heteroatoms. The average molecular weight is 426 g/mol. The molecule has 0 bridgehead atoms. The summed E-state index contributed by atoms with van der Waals surface area (Å²) in [6, 6.07) is 13.4. The molecule has 0 saturated heterocycles. The van der Waals surface area contributed by atoms with Crippen molar-refractivity contribution in [2.75, 3.05) is 0 Å². The number of ether oxygens (including phenoxy) is 1. The van der Waals surface area contributed by atoms with Gasteiger partial charge in [0.15, 0.2) is 11.6 Å². The van der Waals surface area contributed by atoms with E-state index in [2.05, 4.69) is 9.71 Å². The van der Waals surface area contributed by atoms with E-state index in [1.165, 1.54) is 10.6 Å². The van der Waals surface area contributed by atoms with Gasteiger partial charge < -0.3 is 18.8 Å². The van der Waals surface area contributed by atoms with Crippen molar-refractivity contribution in [1.29, 1.82) is 0 Å². The van der Waals surface area contributed by atoms with Gasteiger partial charge >= 0.3 is 0 Å². The Morgan fingerprint density at radius 2 is 1.97 bits per heavy atom. The second-order valence-electron chi connectivity index (χ2n) is 6.65. The van der Waals surface area contributed by atoms with Crippen molar-refractivity contribution in [3.63, 3.8) is 0 Å². The van der Waals surface area contributed by atoms with Gasteiger partial charge in [0.1, 0.15) is 11.3 Å². The largest absolute Gasteiger partial charge is 0.760 e. The summed E-state index contributed by atoms with van der Waals surface area (Å²) in [5, 5.41) is 0.605. The zero-order valence-corrected chi connectivity index (χ0v) is 16.7. The quantitative estimate of drug-likeness (QED) is 0.462. The van der Waals surface area contributed by atoms with Crippen LogP contribution in [0.15, 0.2) is 65.7 Å². The Balaban J connectivity index is 1.94. The summed E-state index contributed by atoms with van der Waals surface area (Å²) < 4.78 is 46.4. The fraction of sp³-hybridized carbons (Fsp3) is 0.0952. The number of aromatic amines is 1. The molecule has 0 aliphatic carbocycles. The van der Waals surface area contributed by atoms with E-state index in [0.29, 0.717) is 33.3 Å². The lowest BCUT2D eigenvalue weighted by atomic mass is 10.00.